The molecule has 3 aromatic rings. The van der Waals surface area contributed by atoms with Gasteiger partial charge in [-0.15, -0.1) is 5.10 Å². The Labute approximate surface area is 152 Å². The Hall–Kier alpha value is -3.22. The van der Waals surface area contributed by atoms with Gasteiger partial charge in [0.25, 0.3) is 0 Å². The zero-order chi connectivity index (χ0) is 18.2. The second-order valence-corrected chi connectivity index (χ2v) is 6.00. The lowest BCUT2D eigenvalue weighted by Gasteiger charge is -2.09. The van der Waals surface area contributed by atoms with E-state index in [2.05, 4.69) is 38.3 Å². The number of tetrazole rings is 1. The van der Waals surface area contributed by atoms with Crippen LogP contribution in [-0.4, -0.2) is 39.2 Å². The van der Waals surface area contributed by atoms with Crippen LogP contribution in [0.2, 0.25) is 0 Å². The number of nitrogens with one attached hydrogen (secondary N) is 2. The van der Waals surface area contributed by atoms with Crippen molar-refractivity contribution in [2.24, 2.45) is 7.05 Å². The molecule has 0 atom stereocenters. The summed E-state index contributed by atoms with van der Waals surface area (Å²) < 4.78 is 1.61. The fourth-order valence-electron chi connectivity index (χ4n) is 2.65. The molecule has 7 heteroatoms. The molecule has 0 fully saturated rings. The average Bonchev–Trinajstić information content (AvgIpc) is 3.11. The SMILES string of the molecule is Cn1nnnc1-c1cccc(NCC(=O)NCCCc2ccccc2)c1. The molecule has 0 unspecified atom stereocenters. The summed E-state index contributed by atoms with van der Waals surface area (Å²) in [6, 6.07) is 17.9. The first-order chi connectivity index (χ1) is 12.7. The smallest absolute Gasteiger partial charge is 0.239 e. The zero-order valence-corrected chi connectivity index (χ0v) is 14.7. The Morgan fingerprint density at radius 2 is 1.96 bits per heavy atom. The third-order valence-corrected chi connectivity index (χ3v) is 4.00. The quantitative estimate of drug-likeness (QED) is 0.607. The molecule has 26 heavy (non-hydrogen) atoms. The summed E-state index contributed by atoms with van der Waals surface area (Å²) in [6.07, 6.45) is 1.88. The van der Waals surface area contributed by atoms with Crippen LogP contribution in [0.4, 0.5) is 5.69 Å². The molecule has 2 aromatic carbocycles. The number of hydrogen-bond donors (Lipinski definition) is 2. The molecule has 1 aromatic heterocycles. The molecule has 0 aliphatic carbocycles. The number of rotatable bonds is 8. The molecule has 134 valence electrons. The van der Waals surface area contributed by atoms with E-state index in [0.29, 0.717) is 12.4 Å². The average molecular weight is 350 g/mol. The van der Waals surface area contributed by atoms with Crippen molar-refractivity contribution >= 4 is 11.6 Å². The van der Waals surface area contributed by atoms with Crippen LogP contribution in [0.15, 0.2) is 54.6 Å². The van der Waals surface area contributed by atoms with Crippen molar-refractivity contribution in [2.45, 2.75) is 12.8 Å². The molecule has 1 amide bonds. The van der Waals surface area contributed by atoms with Gasteiger partial charge in [0.2, 0.25) is 5.91 Å². The first kappa shape index (κ1) is 17.6. The number of benzene rings is 2. The fourth-order valence-corrected chi connectivity index (χ4v) is 2.65. The minimum atomic E-state index is -0.0243. The summed E-state index contributed by atoms with van der Waals surface area (Å²) in [6.45, 7) is 0.895. The minimum absolute atomic E-state index is 0.0243. The van der Waals surface area contributed by atoms with E-state index in [0.717, 1.165) is 24.1 Å². The van der Waals surface area contributed by atoms with Crippen LogP contribution in [-0.2, 0) is 18.3 Å². The summed E-state index contributed by atoms with van der Waals surface area (Å²) in [5, 5.41) is 17.5. The van der Waals surface area contributed by atoms with Crippen molar-refractivity contribution in [2.75, 3.05) is 18.4 Å². The first-order valence-electron chi connectivity index (χ1n) is 8.59. The van der Waals surface area contributed by atoms with E-state index in [1.165, 1.54) is 5.56 Å². The van der Waals surface area contributed by atoms with Crippen molar-refractivity contribution in [1.82, 2.24) is 25.5 Å². The highest BCUT2D eigenvalue weighted by Gasteiger charge is 2.07. The molecule has 0 spiro atoms. The highest BCUT2D eigenvalue weighted by atomic mass is 16.1. The number of anilines is 1. The Kier molecular flexibility index (Phi) is 5.92. The number of amides is 1. The number of nitrogens with zero attached hydrogens (tertiary/aromatic N) is 4. The first-order valence-corrected chi connectivity index (χ1v) is 8.59. The van der Waals surface area contributed by atoms with Crippen LogP contribution in [0.1, 0.15) is 12.0 Å². The lowest BCUT2D eigenvalue weighted by Crippen LogP contribution is -2.30. The molecule has 7 nitrogen and oxygen atoms in total. The van der Waals surface area contributed by atoms with E-state index in [1.807, 2.05) is 42.5 Å². The number of aryl methyl sites for hydroxylation is 2. The molecule has 0 saturated carbocycles. The van der Waals surface area contributed by atoms with Crippen LogP contribution in [0.3, 0.4) is 0 Å². The maximum Gasteiger partial charge on any atom is 0.239 e. The van der Waals surface area contributed by atoms with Gasteiger partial charge in [-0.2, -0.15) is 0 Å². The molecular weight excluding hydrogens is 328 g/mol. The van der Waals surface area contributed by atoms with Crippen molar-refractivity contribution in [3.05, 3.63) is 60.2 Å². The highest BCUT2D eigenvalue weighted by molar-refractivity contribution is 5.81. The molecule has 0 bridgehead atoms. The van der Waals surface area contributed by atoms with E-state index in [9.17, 15) is 4.79 Å². The van der Waals surface area contributed by atoms with Crippen molar-refractivity contribution in [1.29, 1.82) is 0 Å². The third kappa shape index (κ3) is 4.89. The largest absolute Gasteiger partial charge is 0.376 e. The maximum absolute atomic E-state index is 12.0. The van der Waals surface area contributed by atoms with Crippen LogP contribution in [0, 0.1) is 0 Å². The molecule has 0 aliphatic rings. The second-order valence-electron chi connectivity index (χ2n) is 6.00. The van der Waals surface area contributed by atoms with E-state index in [1.54, 1.807) is 11.7 Å². The lowest BCUT2D eigenvalue weighted by atomic mass is 10.1. The van der Waals surface area contributed by atoms with Gasteiger partial charge in [-0.1, -0.05) is 42.5 Å². The second kappa shape index (κ2) is 8.75. The molecule has 2 N–H and O–H groups in total. The van der Waals surface area contributed by atoms with Gasteiger partial charge in [0.15, 0.2) is 5.82 Å². The Balaban J connectivity index is 1.42. The van der Waals surface area contributed by atoms with Gasteiger partial charge in [-0.25, -0.2) is 4.68 Å². The van der Waals surface area contributed by atoms with Crippen molar-refractivity contribution < 1.29 is 4.79 Å². The van der Waals surface area contributed by atoms with Crippen molar-refractivity contribution in [3.63, 3.8) is 0 Å². The monoisotopic (exact) mass is 350 g/mol. The third-order valence-electron chi connectivity index (χ3n) is 4.00. The number of carbonyl (C=O) groups excluding carboxylic acids is 1. The van der Waals surface area contributed by atoms with E-state index in [-0.39, 0.29) is 12.5 Å². The Morgan fingerprint density at radius 3 is 2.73 bits per heavy atom. The Bertz CT molecular complexity index is 846. The summed E-state index contributed by atoms with van der Waals surface area (Å²) in [5.41, 5.74) is 3.03. The summed E-state index contributed by atoms with van der Waals surface area (Å²) in [5.74, 6) is 0.655. The van der Waals surface area contributed by atoms with E-state index in [4.69, 9.17) is 0 Å². The van der Waals surface area contributed by atoms with Crippen molar-refractivity contribution in [3.8, 4) is 11.4 Å². The van der Waals surface area contributed by atoms with E-state index < -0.39 is 0 Å². The van der Waals surface area contributed by atoms with Gasteiger partial charge >= 0.3 is 0 Å². The van der Waals surface area contributed by atoms with Gasteiger partial charge in [0.05, 0.1) is 6.54 Å². The highest BCUT2D eigenvalue weighted by Crippen LogP contribution is 2.19. The van der Waals surface area contributed by atoms with Crippen LogP contribution < -0.4 is 10.6 Å². The normalized spacial score (nSPS) is 10.5. The molecular formula is C19H22N6O. The van der Waals surface area contributed by atoms with Crippen LogP contribution in [0.25, 0.3) is 11.4 Å². The number of carbonyl (C=O) groups is 1. The molecule has 3 rings (SSSR count). The van der Waals surface area contributed by atoms with Gasteiger partial charge in [-0.05, 0) is 41.0 Å². The summed E-state index contributed by atoms with van der Waals surface area (Å²) in [4.78, 5) is 12.0. The minimum Gasteiger partial charge on any atom is -0.376 e. The molecule has 1 heterocycles. The van der Waals surface area contributed by atoms with Crippen LogP contribution in [0.5, 0.6) is 0 Å². The van der Waals surface area contributed by atoms with Gasteiger partial charge in [0.1, 0.15) is 0 Å². The summed E-state index contributed by atoms with van der Waals surface area (Å²) in [7, 11) is 1.79. The van der Waals surface area contributed by atoms with Gasteiger partial charge < -0.3 is 10.6 Å². The molecule has 0 aliphatic heterocycles. The predicted molar refractivity (Wildman–Crippen MR) is 100 cm³/mol. The topological polar surface area (TPSA) is 84.7 Å². The standard InChI is InChI=1S/C19H22N6O/c1-25-19(22-23-24-25)16-10-5-11-17(13-16)21-14-18(26)20-12-6-9-15-7-3-2-4-8-15/h2-5,7-8,10-11,13,21H,6,9,12,14H2,1H3,(H,20,26). The van der Waals surface area contributed by atoms with Gasteiger partial charge in [-0.3, -0.25) is 4.79 Å². The predicted octanol–water partition coefficient (Wildman–Crippen LogP) is 2.04. The molecule has 0 saturated heterocycles. The van der Waals surface area contributed by atoms with E-state index >= 15 is 0 Å². The number of hydrogen-bond acceptors (Lipinski definition) is 5. The van der Waals surface area contributed by atoms with Crippen LogP contribution >= 0.6 is 0 Å². The molecule has 0 radical (unpaired) electrons. The number of aromatic nitrogens is 4. The lowest BCUT2D eigenvalue weighted by molar-refractivity contribution is -0.119. The Morgan fingerprint density at radius 1 is 1.12 bits per heavy atom. The summed E-state index contributed by atoms with van der Waals surface area (Å²) >= 11 is 0. The maximum atomic E-state index is 12.0. The fraction of sp³-hybridized carbons (Fsp3) is 0.263. The zero-order valence-electron chi connectivity index (χ0n) is 14.7. The van der Waals surface area contributed by atoms with Gasteiger partial charge in [0, 0.05) is 24.8 Å².